The van der Waals surface area contributed by atoms with Crippen molar-refractivity contribution in [3.63, 3.8) is 0 Å². The minimum Gasteiger partial charge on any atom is -0.486 e. The Morgan fingerprint density at radius 3 is 2.79 bits per heavy atom. The highest BCUT2D eigenvalue weighted by molar-refractivity contribution is 5.41. The van der Waals surface area contributed by atoms with E-state index in [1.807, 2.05) is 31.2 Å². The van der Waals surface area contributed by atoms with Crippen LogP contribution in [0, 0.1) is 0 Å². The zero-order valence-corrected chi connectivity index (χ0v) is 8.19. The van der Waals surface area contributed by atoms with Gasteiger partial charge in [0.05, 0.1) is 0 Å². The molecule has 0 amide bonds. The molecule has 76 valence electrons. The van der Waals surface area contributed by atoms with Crippen LogP contribution in [0.4, 0.5) is 0 Å². The maximum Gasteiger partial charge on any atom is 0.162 e. The van der Waals surface area contributed by atoms with Gasteiger partial charge in [-0.05, 0) is 19.1 Å². The van der Waals surface area contributed by atoms with Crippen LogP contribution in [0.1, 0.15) is 13.3 Å². The van der Waals surface area contributed by atoms with Gasteiger partial charge < -0.3 is 14.6 Å². The number of hydrogen-bond acceptors (Lipinski definition) is 3. The molecule has 0 radical (unpaired) electrons. The Balaban J connectivity index is 2.20. The lowest BCUT2D eigenvalue weighted by Crippen LogP contribution is -2.42. The zero-order valence-electron chi connectivity index (χ0n) is 8.19. The molecule has 14 heavy (non-hydrogen) atoms. The first-order chi connectivity index (χ1) is 6.73. The first kappa shape index (κ1) is 9.34. The smallest absolute Gasteiger partial charge is 0.162 e. The van der Waals surface area contributed by atoms with Crippen LogP contribution in [-0.4, -0.2) is 23.9 Å². The van der Waals surface area contributed by atoms with E-state index in [2.05, 4.69) is 0 Å². The molecule has 1 aromatic rings. The maximum absolute atomic E-state index is 8.90. The van der Waals surface area contributed by atoms with Crippen molar-refractivity contribution in [1.29, 1.82) is 0 Å². The van der Waals surface area contributed by atoms with Crippen molar-refractivity contribution in [1.82, 2.24) is 0 Å². The molecule has 0 fully saturated rings. The van der Waals surface area contributed by atoms with E-state index in [1.54, 1.807) is 0 Å². The van der Waals surface area contributed by atoms with Crippen molar-refractivity contribution in [2.24, 2.45) is 0 Å². The monoisotopic (exact) mass is 194 g/mol. The second-order valence-corrected chi connectivity index (χ2v) is 3.76. The van der Waals surface area contributed by atoms with Crippen LogP contribution in [0.3, 0.4) is 0 Å². The predicted octanol–water partition coefficient (Wildman–Crippen LogP) is 1.60. The summed E-state index contributed by atoms with van der Waals surface area (Å²) in [6, 6.07) is 7.59. The van der Waals surface area contributed by atoms with E-state index < -0.39 is 5.60 Å². The van der Waals surface area contributed by atoms with Gasteiger partial charge in [0.25, 0.3) is 0 Å². The Labute approximate surface area is 83.3 Å². The topological polar surface area (TPSA) is 38.7 Å². The van der Waals surface area contributed by atoms with Crippen LogP contribution >= 0.6 is 0 Å². The van der Waals surface area contributed by atoms with Gasteiger partial charge in [-0.1, -0.05) is 12.1 Å². The fraction of sp³-hybridized carbons (Fsp3) is 0.455. The van der Waals surface area contributed by atoms with Crippen LogP contribution in [0.5, 0.6) is 11.5 Å². The largest absolute Gasteiger partial charge is 0.486 e. The van der Waals surface area contributed by atoms with Crippen LogP contribution in [0.15, 0.2) is 24.3 Å². The summed E-state index contributed by atoms with van der Waals surface area (Å²) in [6.07, 6.45) is 0.585. The Morgan fingerprint density at radius 2 is 2.07 bits per heavy atom. The average molecular weight is 194 g/mol. The standard InChI is InChI=1S/C11H14O3/c1-11(6-7-12)8-13-9-4-2-3-5-10(9)14-11/h2-5,12H,6-8H2,1H3. The van der Waals surface area contributed by atoms with E-state index in [9.17, 15) is 0 Å². The first-order valence-corrected chi connectivity index (χ1v) is 4.75. The van der Waals surface area contributed by atoms with Crippen LogP contribution < -0.4 is 9.47 Å². The summed E-state index contributed by atoms with van der Waals surface area (Å²) >= 11 is 0. The lowest BCUT2D eigenvalue weighted by atomic mass is 10.0. The summed E-state index contributed by atoms with van der Waals surface area (Å²) in [7, 11) is 0. The number of rotatable bonds is 2. The molecule has 0 spiro atoms. The third kappa shape index (κ3) is 1.68. The number of fused-ring (bicyclic) bond motifs is 1. The summed E-state index contributed by atoms with van der Waals surface area (Å²) in [5.74, 6) is 1.54. The number of hydrogen-bond donors (Lipinski definition) is 1. The summed E-state index contributed by atoms with van der Waals surface area (Å²) in [6.45, 7) is 2.55. The molecule has 0 aromatic heterocycles. The first-order valence-electron chi connectivity index (χ1n) is 4.75. The van der Waals surface area contributed by atoms with Gasteiger partial charge >= 0.3 is 0 Å². The fourth-order valence-electron chi connectivity index (χ4n) is 1.54. The van der Waals surface area contributed by atoms with Gasteiger partial charge in [-0.15, -0.1) is 0 Å². The molecule has 1 aliphatic heterocycles. The Morgan fingerprint density at radius 1 is 1.36 bits per heavy atom. The fourth-order valence-corrected chi connectivity index (χ4v) is 1.54. The van der Waals surface area contributed by atoms with Crippen molar-refractivity contribution in [2.45, 2.75) is 18.9 Å². The van der Waals surface area contributed by atoms with Gasteiger partial charge in [-0.2, -0.15) is 0 Å². The second kappa shape index (κ2) is 3.50. The molecule has 3 heteroatoms. The molecule has 2 rings (SSSR count). The molecule has 0 bridgehead atoms. The molecule has 1 aromatic carbocycles. The highest BCUT2D eigenvalue weighted by Crippen LogP contribution is 2.35. The molecule has 0 saturated carbocycles. The third-order valence-corrected chi connectivity index (χ3v) is 2.38. The molecule has 1 heterocycles. The molecule has 1 N–H and O–H groups in total. The normalized spacial score (nSPS) is 24.7. The van der Waals surface area contributed by atoms with Gasteiger partial charge in [0.1, 0.15) is 12.2 Å². The van der Waals surface area contributed by atoms with Gasteiger partial charge in [0.2, 0.25) is 0 Å². The van der Waals surface area contributed by atoms with Crippen molar-refractivity contribution in [2.75, 3.05) is 13.2 Å². The van der Waals surface area contributed by atoms with Crippen LogP contribution in [0.2, 0.25) is 0 Å². The second-order valence-electron chi connectivity index (χ2n) is 3.76. The summed E-state index contributed by atoms with van der Waals surface area (Å²) < 4.78 is 11.3. The third-order valence-electron chi connectivity index (χ3n) is 2.38. The molecule has 0 saturated heterocycles. The Hall–Kier alpha value is -1.22. The van der Waals surface area contributed by atoms with Crippen molar-refractivity contribution < 1.29 is 14.6 Å². The molecular weight excluding hydrogens is 180 g/mol. The minimum absolute atomic E-state index is 0.113. The number of para-hydroxylation sites is 2. The van der Waals surface area contributed by atoms with E-state index in [1.165, 1.54) is 0 Å². The van der Waals surface area contributed by atoms with Crippen molar-refractivity contribution >= 4 is 0 Å². The summed E-state index contributed by atoms with van der Waals surface area (Å²) in [5, 5.41) is 8.90. The van der Waals surface area contributed by atoms with Crippen molar-refractivity contribution in [3.05, 3.63) is 24.3 Å². The lowest BCUT2D eigenvalue weighted by Gasteiger charge is -2.35. The summed E-state index contributed by atoms with van der Waals surface area (Å²) in [4.78, 5) is 0. The molecular formula is C11H14O3. The van der Waals surface area contributed by atoms with Gasteiger partial charge in [-0.25, -0.2) is 0 Å². The summed E-state index contributed by atoms with van der Waals surface area (Å²) in [5.41, 5.74) is -0.400. The van der Waals surface area contributed by atoms with Gasteiger partial charge in [0.15, 0.2) is 11.5 Å². The molecule has 3 nitrogen and oxygen atoms in total. The quantitative estimate of drug-likeness (QED) is 0.777. The highest BCUT2D eigenvalue weighted by atomic mass is 16.6. The van der Waals surface area contributed by atoms with Crippen LogP contribution in [-0.2, 0) is 0 Å². The Bertz CT molecular complexity index is 324. The number of ether oxygens (including phenoxy) is 2. The number of aliphatic hydroxyl groups is 1. The lowest BCUT2D eigenvalue weighted by molar-refractivity contribution is -0.0109. The molecule has 1 aliphatic rings. The SMILES string of the molecule is CC1(CCO)COc2ccccc2O1. The molecule has 1 unspecified atom stereocenters. The van der Waals surface area contributed by atoms with E-state index >= 15 is 0 Å². The predicted molar refractivity (Wildman–Crippen MR) is 52.7 cm³/mol. The van der Waals surface area contributed by atoms with E-state index in [4.69, 9.17) is 14.6 Å². The van der Waals surface area contributed by atoms with Crippen LogP contribution in [0.25, 0.3) is 0 Å². The van der Waals surface area contributed by atoms with Gasteiger partial charge in [-0.3, -0.25) is 0 Å². The highest BCUT2D eigenvalue weighted by Gasteiger charge is 2.32. The molecule has 0 aliphatic carbocycles. The van der Waals surface area contributed by atoms with Gasteiger partial charge in [0, 0.05) is 13.0 Å². The molecule has 1 atom stereocenters. The number of benzene rings is 1. The average Bonchev–Trinajstić information content (AvgIpc) is 2.17. The van der Waals surface area contributed by atoms with E-state index in [0.717, 1.165) is 11.5 Å². The maximum atomic E-state index is 8.90. The Kier molecular flexibility index (Phi) is 2.33. The number of aliphatic hydroxyl groups excluding tert-OH is 1. The van der Waals surface area contributed by atoms with E-state index in [0.29, 0.717) is 13.0 Å². The zero-order chi connectivity index (χ0) is 10.0. The van der Waals surface area contributed by atoms with Crippen molar-refractivity contribution in [3.8, 4) is 11.5 Å². The minimum atomic E-state index is -0.400. The van der Waals surface area contributed by atoms with E-state index in [-0.39, 0.29) is 6.61 Å².